The van der Waals surface area contributed by atoms with E-state index >= 15 is 0 Å². The summed E-state index contributed by atoms with van der Waals surface area (Å²) >= 11 is 4.73. The molecule has 0 saturated carbocycles. The van der Waals surface area contributed by atoms with Gasteiger partial charge in [-0.2, -0.15) is 18.0 Å². The molecular formula is C41H41N3Na3O13S5+. The van der Waals surface area contributed by atoms with Crippen molar-refractivity contribution in [1.29, 1.82) is 0 Å². The average Bonchev–Trinajstić information content (AvgIpc) is 3.53. The van der Waals surface area contributed by atoms with Gasteiger partial charge < -0.3 is 18.4 Å². The molecule has 3 aromatic carbocycles. The van der Waals surface area contributed by atoms with E-state index in [-0.39, 0.29) is 125 Å². The summed E-state index contributed by atoms with van der Waals surface area (Å²) in [6.07, 6.45) is 8.60. The van der Waals surface area contributed by atoms with Crippen LogP contribution in [0.5, 0.6) is 5.75 Å². The normalized spacial score (nSPS) is 18.1. The third-order valence-electron chi connectivity index (χ3n) is 11.0. The molecule has 16 nitrogen and oxygen atoms in total. The number of fused-ring (bicyclic) bond motifs is 2. The number of nitrogens with zero attached hydrogens (tertiary/aromatic N) is 3. The van der Waals surface area contributed by atoms with Crippen molar-refractivity contribution in [2.24, 2.45) is 4.99 Å². The second kappa shape index (κ2) is 22.0. The summed E-state index contributed by atoms with van der Waals surface area (Å²) in [5.41, 5.74) is 1.55. The fraction of sp³-hybridized carbons (Fsp3) is 0.317. The number of anilines is 1. The average molecular weight is 1010 g/mol. The molecule has 2 heterocycles. The fourth-order valence-electron chi connectivity index (χ4n) is 7.96. The predicted molar refractivity (Wildman–Crippen MR) is 230 cm³/mol. The van der Waals surface area contributed by atoms with Crippen molar-refractivity contribution in [3.05, 3.63) is 119 Å². The minimum absolute atomic E-state index is 0. The van der Waals surface area contributed by atoms with E-state index in [1.807, 2.05) is 30.6 Å². The molecule has 0 amide bonds. The summed E-state index contributed by atoms with van der Waals surface area (Å²) in [6, 6.07) is 14.0. The molecule has 2 aliphatic heterocycles. The van der Waals surface area contributed by atoms with Crippen LogP contribution in [0.25, 0.3) is 0 Å². The molecule has 24 heteroatoms. The first-order chi connectivity index (χ1) is 28.7. The summed E-state index contributed by atoms with van der Waals surface area (Å²) in [5.74, 6) is 0.211. The van der Waals surface area contributed by atoms with E-state index in [1.54, 1.807) is 44.2 Å². The molecule has 0 spiro atoms. The quantitative estimate of drug-likeness (QED) is 0.0435. The Morgan fingerprint density at radius 2 is 1.45 bits per heavy atom. The molecular weight excluding hydrogens is 972 g/mol. The smallest absolute Gasteiger partial charge is 0.748 e. The van der Waals surface area contributed by atoms with E-state index in [1.165, 1.54) is 24.3 Å². The Hall–Kier alpha value is -1.67. The van der Waals surface area contributed by atoms with Gasteiger partial charge in [-0.15, -0.1) is 0 Å². The minimum atomic E-state index is -5.21. The molecule has 0 unspecified atom stereocenters. The molecule has 0 saturated heterocycles. The molecule has 330 valence electrons. The van der Waals surface area contributed by atoms with Gasteiger partial charge in [0.25, 0.3) is 10.1 Å². The number of aliphatic imine (C=N–C) groups is 1. The summed E-state index contributed by atoms with van der Waals surface area (Å²) in [5, 5.41) is 2.30. The van der Waals surface area contributed by atoms with Gasteiger partial charge in [-0.25, -0.2) is 25.3 Å². The molecule has 6 rings (SSSR count). The van der Waals surface area contributed by atoms with Crippen molar-refractivity contribution >= 4 is 80.8 Å². The number of allylic oxidation sites excluding steroid dienone is 7. The maximum Gasteiger partial charge on any atom is 1.00 e. The van der Waals surface area contributed by atoms with E-state index < -0.39 is 67.0 Å². The van der Waals surface area contributed by atoms with Gasteiger partial charge in [0.15, 0.2) is 16.0 Å². The van der Waals surface area contributed by atoms with E-state index in [4.69, 9.17) is 17.0 Å². The second-order valence-electron chi connectivity index (χ2n) is 15.8. The van der Waals surface area contributed by atoms with Crippen LogP contribution in [0.2, 0.25) is 0 Å². The van der Waals surface area contributed by atoms with Gasteiger partial charge in [-0.05, 0) is 135 Å². The zero-order valence-electron chi connectivity index (χ0n) is 36.8. The van der Waals surface area contributed by atoms with Crippen LogP contribution < -0.4 is 97.7 Å². The number of hydrogen-bond donors (Lipinski definition) is 1. The summed E-state index contributed by atoms with van der Waals surface area (Å²) in [7, 11) is -19.2. The van der Waals surface area contributed by atoms with Crippen LogP contribution in [0, 0.1) is 0 Å². The van der Waals surface area contributed by atoms with Crippen LogP contribution >= 0.6 is 12.2 Å². The van der Waals surface area contributed by atoms with Gasteiger partial charge in [0.2, 0.25) is 5.69 Å². The Labute approximate surface area is 451 Å². The third-order valence-corrected chi connectivity index (χ3v) is 14.4. The van der Waals surface area contributed by atoms with Gasteiger partial charge in [0, 0.05) is 41.0 Å². The van der Waals surface area contributed by atoms with Crippen molar-refractivity contribution in [3.63, 3.8) is 0 Å². The summed E-state index contributed by atoms with van der Waals surface area (Å²) < 4.78 is 152. The van der Waals surface area contributed by atoms with Crippen LogP contribution in [-0.4, -0.2) is 79.6 Å². The monoisotopic (exact) mass is 1010 g/mol. The zero-order valence-corrected chi connectivity index (χ0v) is 46.8. The van der Waals surface area contributed by atoms with Crippen molar-refractivity contribution in [2.45, 2.75) is 80.4 Å². The van der Waals surface area contributed by atoms with Crippen LogP contribution in [0.4, 0.5) is 17.1 Å². The molecule has 0 bridgehead atoms. The predicted octanol–water partition coefficient (Wildman–Crippen LogP) is -2.57. The van der Waals surface area contributed by atoms with Crippen LogP contribution in [0.15, 0.2) is 122 Å². The molecule has 1 N–H and O–H groups in total. The maximum atomic E-state index is 12.8. The largest absolute Gasteiger partial charge is 1.00 e. The Morgan fingerprint density at radius 1 is 0.815 bits per heavy atom. The van der Waals surface area contributed by atoms with Gasteiger partial charge >= 0.3 is 88.7 Å². The maximum absolute atomic E-state index is 12.8. The number of benzene rings is 3. The zero-order chi connectivity index (χ0) is 45.6. The van der Waals surface area contributed by atoms with E-state index in [0.717, 1.165) is 18.2 Å². The van der Waals surface area contributed by atoms with Crippen LogP contribution in [-0.2, 0) is 51.5 Å². The fourth-order valence-corrected chi connectivity index (χ4v) is 10.6. The Morgan fingerprint density at radius 3 is 2.03 bits per heavy atom. The molecule has 65 heavy (non-hydrogen) atoms. The van der Waals surface area contributed by atoms with E-state index in [0.29, 0.717) is 68.9 Å². The molecule has 1 aliphatic carbocycles. The summed E-state index contributed by atoms with van der Waals surface area (Å²) in [6.45, 7) is 7.16. The van der Waals surface area contributed by atoms with Crippen LogP contribution in [0.1, 0.15) is 70.9 Å². The van der Waals surface area contributed by atoms with Crippen LogP contribution in [0.3, 0.4) is 0 Å². The van der Waals surface area contributed by atoms with Crippen molar-refractivity contribution in [2.75, 3.05) is 16.6 Å². The van der Waals surface area contributed by atoms with Gasteiger partial charge in [-0.1, -0.05) is 19.9 Å². The molecule has 3 aromatic rings. The van der Waals surface area contributed by atoms with Gasteiger partial charge in [0.1, 0.15) is 28.2 Å². The number of rotatable bonds is 14. The van der Waals surface area contributed by atoms with Gasteiger partial charge in [0.05, 0.1) is 41.9 Å². The standard InChI is InChI=1S/C41H43N3O13S5.3Na/c1-40(2)33-24-31(60(48,49)50)16-18-35(33)43(22-5-6-23-59(45,46)47)37(40)20-10-27-8-7-9-28(39(27)57-30-14-12-29(13-15-30)42-26-58)11-21-38-41(3,4)34-25-32(61(51,52)53)17-19-36(34)44(38)62(54,55)56;;;/h10-21,24-25H,5-9,22-23H2,1-4H3,(H3-,45,46,47,48,49,50,51,52,53,54,55,56);;;/q;3*+1/p-2. The number of thiocarbonyl (C=S) groups is 1. The van der Waals surface area contributed by atoms with Crippen molar-refractivity contribution in [1.82, 2.24) is 0 Å². The number of isothiocyanates is 1. The van der Waals surface area contributed by atoms with Crippen molar-refractivity contribution < 1.29 is 150 Å². The number of hydrogen-bond acceptors (Lipinski definition) is 14. The first kappa shape index (κ1) is 57.6. The third kappa shape index (κ3) is 13.2. The summed E-state index contributed by atoms with van der Waals surface area (Å²) in [4.78, 5) is 3.08. The molecule has 0 atom stereocenters. The van der Waals surface area contributed by atoms with E-state index in [2.05, 4.69) is 10.2 Å². The van der Waals surface area contributed by atoms with E-state index in [9.17, 15) is 51.9 Å². The number of ether oxygens (including phenoxy) is 1. The number of unbranched alkanes of at least 4 members (excludes halogenated alkanes) is 1. The second-order valence-corrected chi connectivity index (χ2v) is 21.6. The molecule has 3 aliphatic rings. The Kier molecular flexibility index (Phi) is 19.5. The SMILES string of the molecule is CC1(C)C(=CC=C2CCCC(C=CC3=[N+](CCCCS(=O)(=O)[O-])c4ccc(S(=O)(=O)[O-])cc4C3(C)C)=C2Oc2ccc(N=C=S)cc2)N(S(=O)(=O)[O-])c2ccc(S(=O)(=O)O)cc21.[Na+].[Na+].[Na+]. The first-order valence-electron chi connectivity index (χ1n) is 19.0. The first-order valence-corrected chi connectivity index (χ1v) is 25.2. The molecule has 0 aromatic heterocycles. The minimum Gasteiger partial charge on any atom is -0.748 e. The molecule has 0 fully saturated rings. The van der Waals surface area contributed by atoms with Gasteiger partial charge in [-0.3, -0.25) is 8.86 Å². The Balaban J connectivity index is 0.00000374. The topological polar surface area (TPSA) is 254 Å². The van der Waals surface area contributed by atoms with Crippen molar-refractivity contribution in [3.8, 4) is 5.75 Å². The molecule has 0 radical (unpaired) electrons. The Bertz CT molecular complexity index is 3030.